The molecule has 3 aliphatic rings. The monoisotopic (exact) mass is 278 g/mol. The molecule has 2 aliphatic carbocycles. The molecule has 1 spiro atoms. The van der Waals surface area contributed by atoms with Gasteiger partial charge >= 0.3 is 0 Å². The first-order valence-electron chi connectivity index (χ1n) is 8.29. The summed E-state index contributed by atoms with van der Waals surface area (Å²) in [6, 6.07) is 0.702. The fraction of sp³-hybridized carbons (Fsp3) is 0.875. The zero-order valence-corrected chi connectivity index (χ0v) is 12.3. The molecule has 1 N–H and O–H groups in total. The van der Waals surface area contributed by atoms with Crippen molar-refractivity contribution in [2.45, 2.75) is 70.3 Å². The predicted octanol–water partition coefficient (Wildman–Crippen LogP) is 2.23. The fourth-order valence-corrected chi connectivity index (χ4v) is 3.71. The van der Waals surface area contributed by atoms with Crippen LogP contribution < -0.4 is 5.32 Å². The number of rotatable bonds is 5. The van der Waals surface area contributed by atoms with Crippen molar-refractivity contribution >= 4 is 11.8 Å². The first-order valence-corrected chi connectivity index (χ1v) is 8.29. The summed E-state index contributed by atoms with van der Waals surface area (Å²) < 4.78 is 0. The Labute approximate surface area is 121 Å². The molecule has 20 heavy (non-hydrogen) atoms. The maximum absolute atomic E-state index is 12.7. The number of carbonyl (C=O) groups is 2. The van der Waals surface area contributed by atoms with E-state index in [1.54, 1.807) is 4.90 Å². The highest BCUT2D eigenvalue weighted by Crippen LogP contribution is 2.44. The summed E-state index contributed by atoms with van der Waals surface area (Å²) in [7, 11) is 0. The molecule has 3 rings (SSSR count). The Balaban J connectivity index is 1.54. The summed E-state index contributed by atoms with van der Waals surface area (Å²) >= 11 is 0. The summed E-state index contributed by atoms with van der Waals surface area (Å²) in [5, 5.41) is 3.44. The fourth-order valence-electron chi connectivity index (χ4n) is 3.71. The molecule has 3 fully saturated rings. The Morgan fingerprint density at radius 2 is 1.80 bits per heavy atom. The lowest BCUT2D eigenvalue weighted by atomic mass is 9.79. The van der Waals surface area contributed by atoms with Gasteiger partial charge in [0.15, 0.2) is 0 Å². The van der Waals surface area contributed by atoms with Crippen LogP contribution in [0.2, 0.25) is 0 Å². The molecular formula is C16H26N2O2. The molecule has 0 aromatic heterocycles. The smallest absolute Gasteiger partial charge is 0.235 e. The average molecular weight is 278 g/mol. The van der Waals surface area contributed by atoms with Gasteiger partial charge in [-0.15, -0.1) is 0 Å². The number of imide groups is 1. The number of carbonyl (C=O) groups excluding carboxylic acids is 2. The van der Waals surface area contributed by atoms with Gasteiger partial charge in [-0.2, -0.15) is 0 Å². The molecule has 4 nitrogen and oxygen atoms in total. The Morgan fingerprint density at radius 1 is 1.10 bits per heavy atom. The third-order valence-corrected chi connectivity index (χ3v) is 5.12. The maximum atomic E-state index is 12.7. The van der Waals surface area contributed by atoms with Crippen LogP contribution >= 0.6 is 0 Å². The van der Waals surface area contributed by atoms with E-state index in [2.05, 4.69) is 5.32 Å². The maximum Gasteiger partial charge on any atom is 0.235 e. The normalized spacial score (nSPS) is 26.3. The van der Waals surface area contributed by atoms with Crippen molar-refractivity contribution < 1.29 is 9.59 Å². The Kier molecular flexibility index (Phi) is 4.11. The van der Waals surface area contributed by atoms with Gasteiger partial charge in [0.25, 0.3) is 0 Å². The van der Waals surface area contributed by atoms with E-state index in [0.29, 0.717) is 19.0 Å². The summed E-state index contributed by atoms with van der Waals surface area (Å²) in [6.07, 6.45) is 10.4. The molecule has 112 valence electrons. The number of amides is 2. The van der Waals surface area contributed by atoms with E-state index in [9.17, 15) is 9.59 Å². The van der Waals surface area contributed by atoms with Gasteiger partial charge in [0.1, 0.15) is 0 Å². The standard InChI is InChI=1S/C16H26N2O2/c19-14-12-16(8-3-1-2-4-9-16)15(20)18(14)11-5-10-17-13-6-7-13/h13,17H,1-12H2. The molecule has 2 amide bonds. The molecule has 1 aliphatic heterocycles. The van der Waals surface area contributed by atoms with Crippen LogP contribution in [0.4, 0.5) is 0 Å². The van der Waals surface area contributed by atoms with Gasteiger partial charge in [-0.05, 0) is 38.6 Å². The molecule has 0 aromatic rings. The van der Waals surface area contributed by atoms with E-state index in [1.807, 2.05) is 0 Å². The highest BCUT2D eigenvalue weighted by atomic mass is 16.2. The second-order valence-electron chi connectivity index (χ2n) is 6.80. The lowest BCUT2D eigenvalue weighted by Crippen LogP contribution is -2.37. The molecule has 4 heteroatoms. The van der Waals surface area contributed by atoms with Gasteiger partial charge in [-0.25, -0.2) is 0 Å². The Morgan fingerprint density at radius 3 is 2.45 bits per heavy atom. The molecule has 0 atom stereocenters. The number of hydrogen-bond donors (Lipinski definition) is 1. The number of nitrogens with zero attached hydrogens (tertiary/aromatic N) is 1. The van der Waals surface area contributed by atoms with Crippen molar-refractivity contribution in [3.63, 3.8) is 0 Å². The van der Waals surface area contributed by atoms with Crippen LogP contribution in [0.25, 0.3) is 0 Å². The van der Waals surface area contributed by atoms with Crippen molar-refractivity contribution in [1.82, 2.24) is 10.2 Å². The van der Waals surface area contributed by atoms with Crippen molar-refractivity contribution in [3.05, 3.63) is 0 Å². The average Bonchev–Trinajstić information content (AvgIpc) is 3.22. The molecule has 1 heterocycles. The minimum atomic E-state index is -0.322. The minimum absolute atomic E-state index is 0.0725. The summed E-state index contributed by atoms with van der Waals surface area (Å²) in [5.74, 6) is 0.208. The van der Waals surface area contributed by atoms with Crippen molar-refractivity contribution in [2.24, 2.45) is 5.41 Å². The molecule has 0 bridgehead atoms. The summed E-state index contributed by atoms with van der Waals surface area (Å²) in [4.78, 5) is 26.4. The number of likely N-dealkylation sites (tertiary alicyclic amines) is 1. The van der Waals surface area contributed by atoms with Crippen LogP contribution in [0, 0.1) is 5.41 Å². The van der Waals surface area contributed by atoms with Crippen LogP contribution in [0.1, 0.15) is 64.2 Å². The first-order chi connectivity index (χ1) is 9.71. The van der Waals surface area contributed by atoms with Crippen LogP contribution in [0.5, 0.6) is 0 Å². The lowest BCUT2D eigenvalue weighted by Gasteiger charge is -2.25. The quantitative estimate of drug-likeness (QED) is 0.620. The van der Waals surface area contributed by atoms with E-state index in [-0.39, 0.29) is 17.2 Å². The molecular weight excluding hydrogens is 252 g/mol. The summed E-state index contributed by atoms with van der Waals surface area (Å²) in [6.45, 7) is 1.54. The van der Waals surface area contributed by atoms with Crippen LogP contribution in [0.3, 0.4) is 0 Å². The van der Waals surface area contributed by atoms with Crippen LogP contribution in [0.15, 0.2) is 0 Å². The third-order valence-electron chi connectivity index (χ3n) is 5.12. The van der Waals surface area contributed by atoms with E-state index in [0.717, 1.165) is 38.6 Å². The second-order valence-corrected chi connectivity index (χ2v) is 6.80. The third kappa shape index (κ3) is 2.90. The van der Waals surface area contributed by atoms with Gasteiger partial charge < -0.3 is 5.32 Å². The molecule has 1 saturated heterocycles. The van der Waals surface area contributed by atoms with E-state index in [4.69, 9.17) is 0 Å². The molecule has 0 unspecified atom stereocenters. The largest absolute Gasteiger partial charge is 0.314 e. The van der Waals surface area contributed by atoms with Crippen molar-refractivity contribution in [1.29, 1.82) is 0 Å². The molecule has 0 aromatic carbocycles. The van der Waals surface area contributed by atoms with Gasteiger partial charge in [0.2, 0.25) is 11.8 Å². The van der Waals surface area contributed by atoms with Crippen molar-refractivity contribution in [2.75, 3.05) is 13.1 Å². The van der Waals surface area contributed by atoms with Gasteiger partial charge in [-0.3, -0.25) is 14.5 Å². The summed E-state index contributed by atoms with van der Waals surface area (Å²) in [5.41, 5.74) is -0.322. The topological polar surface area (TPSA) is 49.4 Å². The van der Waals surface area contributed by atoms with Crippen molar-refractivity contribution in [3.8, 4) is 0 Å². The second kappa shape index (κ2) is 5.84. The Bertz CT molecular complexity index is 382. The van der Waals surface area contributed by atoms with Gasteiger partial charge in [0.05, 0.1) is 5.41 Å². The van der Waals surface area contributed by atoms with Gasteiger partial charge in [-0.1, -0.05) is 25.7 Å². The van der Waals surface area contributed by atoms with E-state index >= 15 is 0 Å². The highest BCUT2D eigenvalue weighted by molar-refractivity contribution is 6.05. The lowest BCUT2D eigenvalue weighted by molar-refractivity contribution is -0.141. The van der Waals surface area contributed by atoms with Gasteiger partial charge in [0, 0.05) is 19.0 Å². The SMILES string of the molecule is O=C1CC2(CCCCCC2)C(=O)N1CCCNC1CC1. The van der Waals surface area contributed by atoms with Crippen LogP contribution in [-0.2, 0) is 9.59 Å². The number of hydrogen-bond acceptors (Lipinski definition) is 3. The van der Waals surface area contributed by atoms with E-state index < -0.39 is 0 Å². The highest BCUT2D eigenvalue weighted by Gasteiger charge is 2.50. The van der Waals surface area contributed by atoms with Crippen LogP contribution in [-0.4, -0.2) is 35.8 Å². The first kappa shape index (κ1) is 14.1. The number of nitrogens with one attached hydrogen (secondary N) is 1. The zero-order valence-electron chi connectivity index (χ0n) is 12.3. The predicted molar refractivity (Wildman–Crippen MR) is 77.1 cm³/mol. The molecule has 2 saturated carbocycles. The Hall–Kier alpha value is -0.900. The van der Waals surface area contributed by atoms with E-state index in [1.165, 1.54) is 25.7 Å². The minimum Gasteiger partial charge on any atom is -0.314 e. The molecule has 0 radical (unpaired) electrons. The zero-order chi connectivity index (χ0) is 14.0.